The minimum Gasteiger partial charge on any atom is -0.494 e. The Morgan fingerprint density at radius 2 is 1.88 bits per heavy atom. The lowest BCUT2D eigenvalue weighted by atomic mass is 10.1. The fraction of sp³-hybridized carbons (Fsp3) is 0.130. The molecule has 32 heavy (non-hydrogen) atoms. The molecule has 1 N–H and O–H groups in total. The lowest BCUT2D eigenvalue weighted by molar-refractivity contribution is -0.127. The Morgan fingerprint density at radius 1 is 1.12 bits per heavy atom. The van der Waals surface area contributed by atoms with E-state index in [0.29, 0.717) is 40.8 Å². The third-order valence-electron chi connectivity index (χ3n) is 4.62. The molecular weight excluding hydrogens is 432 g/mol. The predicted molar refractivity (Wildman–Crippen MR) is 121 cm³/mol. The maximum atomic E-state index is 12.7. The Kier molecular flexibility index (Phi) is 6.09. The summed E-state index contributed by atoms with van der Waals surface area (Å²) in [6.07, 6.45) is 2.56. The summed E-state index contributed by atoms with van der Waals surface area (Å²) >= 11 is 0.668. The number of hydrogen-bond acceptors (Lipinski definition) is 7. The summed E-state index contributed by atoms with van der Waals surface area (Å²) in [7, 11) is 0. The average molecular weight is 450 g/mol. The molecule has 0 aliphatic carbocycles. The van der Waals surface area contributed by atoms with Gasteiger partial charge in [-0.15, -0.1) is 0 Å². The Balaban J connectivity index is 1.47. The second-order valence-corrected chi connectivity index (χ2v) is 7.78. The van der Waals surface area contributed by atoms with Crippen molar-refractivity contribution < 1.29 is 23.5 Å². The van der Waals surface area contributed by atoms with Crippen molar-refractivity contribution in [3.63, 3.8) is 0 Å². The van der Waals surface area contributed by atoms with E-state index in [0.717, 1.165) is 4.90 Å². The predicted octanol–water partition coefficient (Wildman–Crippen LogP) is 3.87. The van der Waals surface area contributed by atoms with Crippen molar-refractivity contribution in [2.45, 2.75) is 6.92 Å². The number of hydrogen-bond donors (Lipinski definition) is 1. The molecule has 9 heteroatoms. The minimum absolute atomic E-state index is 0.0476. The fourth-order valence-corrected chi connectivity index (χ4v) is 3.94. The second kappa shape index (κ2) is 9.11. The van der Waals surface area contributed by atoms with E-state index in [4.69, 9.17) is 9.15 Å². The van der Waals surface area contributed by atoms with E-state index in [1.807, 2.05) is 6.92 Å². The molecule has 0 unspecified atom stereocenters. The van der Waals surface area contributed by atoms with Crippen molar-refractivity contribution in [3.05, 3.63) is 75.5 Å². The number of amides is 3. The maximum Gasteiger partial charge on any atom is 0.294 e. The van der Waals surface area contributed by atoms with E-state index >= 15 is 0 Å². The minimum atomic E-state index is -0.644. The smallest absolute Gasteiger partial charge is 0.294 e. The first-order valence-corrected chi connectivity index (χ1v) is 10.6. The van der Waals surface area contributed by atoms with Crippen LogP contribution >= 0.6 is 11.8 Å². The van der Waals surface area contributed by atoms with Gasteiger partial charge in [-0.2, -0.15) is 0 Å². The Labute approximate surface area is 186 Å². The van der Waals surface area contributed by atoms with Crippen LogP contribution in [0.3, 0.4) is 0 Å². The van der Waals surface area contributed by atoms with Crippen molar-refractivity contribution in [3.8, 4) is 5.75 Å². The molecule has 0 radical (unpaired) electrons. The zero-order valence-electron chi connectivity index (χ0n) is 17.0. The summed E-state index contributed by atoms with van der Waals surface area (Å²) in [6, 6.07) is 13.5. The molecule has 0 spiro atoms. The Bertz CT molecular complexity index is 1300. The first kappa shape index (κ1) is 21.4. The van der Waals surface area contributed by atoms with Crippen molar-refractivity contribution in [2.75, 3.05) is 18.5 Å². The highest BCUT2D eigenvalue weighted by molar-refractivity contribution is 8.18. The summed E-state index contributed by atoms with van der Waals surface area (Å²) in [5.74, 6) is -0.503. The van der Waals surface area contributed by atoms with Gasteiger partial charge in [-0.1, -0.05) is 12.1 Å². The molecule has 3 amide bonds. The van der Waals surface area contributed by atoms with Gasteiger partial charge in [0.25, 0.3) is 11.1 Å². The van der Waals surface area contributed by atoms with Crippen LogP contribution in [0.2, 0.25) is 0 Å². The summed E-state index contributed by atoms with van der Waals surface area (Å²) in [5.41, 5.74) is 0.767. The molecule has 2 aromatic carbocycles. The number of carbonyl (C=O) groups is 3. The van der Waals surface area contributed by atoms with E-state index in [2.05, 4.69) is 5.32 Å². The second-order valence-electron chi connectivity index (χ2n) is 6.79. The highest BCUT2D eigenvalue weighted by atomic mass is 32.2. The number of thioether (sulfide) groups is 1. The zero-order valence-corrected chi connectivity index (χ0v) is 17.8. The van der Waals surface area contributed by atoms with Gasteiger partial charge in [0.15, 0.2) is 5.43 Å². The maximum absolute atomic E-state index is 12.7. The molecule has 1 aliphatic heterocycles. The summed E-state index contributed by atoms with van der Waals surface area (Å²) < 4.78 is 10.8. The van der Waals surface area contributed by atoms with Crippen LogP contribution in [0.15, 0.2) is 68.9 Å². The summed E-state index contributed by atoms with van der Waals surface area (Å²) in [6.45, 7) is 1.95. The third-order valence-corrected chi connectivity index (χ3v) is 5.53. The number of nitrogens with zero attached hydrogens (tertiary/aromatic N) is 1. The molecule has 0 bridgehead atoms. The average Bonchev–Trinajstić information content (AvgIpc) is 3.04. The molecule has 3 aromatic rings. The Hall–Kier alpha value is -3.85. The van der Waals surface area contributed by atoms with E-state index in [9.17, 15) is 19.2 Å². The van der Waals surface area contributed by atoms with E-state index < -0.39 is 23.6 Å². The number of ether oxygens (including phenoxy) is 1. The highest BCUT2D eigenvalue weighted by Crippen LogP contribution is 2.32. The van der Waals surface area contributed by atoms with Gasteiger partial charge in [0.05, 0.1) is 22.5 Å². The van der Waals surface area contributed by atoms with Crippen molar-refractivity contribution in [1.82, 2.24) is 4.90 Å². The van der Waals surface area contributed by atoms with E-state index in [1.54, 1.807) is 48.5 Å². The van der Waals surface area contributed by atoms with Crippen molar-refractivity contribution in [1.29, 1.82) is 0 Å². The lowest BCUT2D eigenvalue weighted by Gasteiger charge is -2.12. The molecule has 1 saturated heterocycles. The van der Waals surface area contributed by atoms with Crippen LogP contribution in [0.4, 0.5) is 10.5 Å². The van der Waals surface area contributed by atoms with Gasteiger partial charge < -0.3 is 14.5 Å². The van der Waals surface area contributed by atoms with Gasteiger partial charge >= 0.3 is 0 Å². The zero-order chi connectivity index (χ0) is 22.7. The number of anilines is 1. The third kappa shape index (κ3) is 4.42. The summed E-state index contributed by atoms with van der Waals surface area (Å²) in [4.78, 5) is 50.9. The molecule has 162 valence electrons. The lowest BCUT2D eigenvalue weighted by Crippen LogP contribution is -2.36. The molecule has 1 aliphatic rings. The molecule has 2 heterocycles. The van der Waals surface area contributed by atoms with E-state index in [-0.39, 0.29) is 15.9 Å². The van der Waals surface area contributed by atoms with Crippen LogP contribution in [-0.2, 0) is 9.59 Å². The summed E-state index contributed by atoms with van der Waals surface area (Å²) in [5, 5.41) is 2.42. The van der Waals surface area contributed by atoms with Crippen molar-refractivity contribution >= 4 is 51.5 Å². The van der Waals surface area contributed by atoms with Gasteiger partial charge in [-0.25, -0.2) is 0 Å². The molecule has 0 atom stereocenters. The number of imide groups is 1. The SMILES string of the molecule is CCOc1ccc(NC(=O)CN2C(=O)S/C(=C\c3coc4ccccc4c3=O)C2=O)cc1. The van der Waals surface area contributed by atoms with Gasteiger partial charge in [0.1, 0.15) is 24.1 Å². The molecule has 0 saturated carbocycles. The first-order valence-electron chi connectivity index (χ1n) is 9.75. The molecule has 1 aromatic heterocycles. The van der Waals surface area contributed by atoms with Gasteiger partial charge in [0.2, 0.25) is 5.91 Å². The number of carbonyl (C=O) groups excluding carboxylic acids is 3. The van der Waals surface area contributed by atoms with Crippen molar-refractivity contribution in [2.24, 2.45) is 0 Å². The van der Waals surface area contributed by atoms with Crippen LogP contribution < -0.4 is 15.5 Å². The monoisotopic (exact) mass is 450 g/mol. The highest BCUT2D eigenvalue weighted by Gasteiger charge is 2.36. The van der Waals surface area contributed by atoms with Gasteiger partial charge in [-0.3, -0.25) is 24.1 Å². The molecule has 4 rings (SSSR count). The number of fused-ring (bicyclic) bond motifs is 1. The van der Waals surface area contributed by atoms with Crippen LogP contribution in [0, 0.1) is 0 Å². The Morgan fingerprint density at radius 3 is 2.62 bits per heavy atom. The van der Waals surface area contributed by atoms with E-state index in [1.165, 1.54) is 12.3 Å². The topological polar surface area (TPSA) is 106 Å². The van der Waals surface area contributed by atoms with Crippen LogP contribution in [-0.4, -0.2) is 35.1 Å². The fourth-order valence-electron chi connectivity index (χ4n) is 3.12. The number of benzene rings is 2. The quantitative estimate of drug-likeness (QED) is 0.568. The molecule has 8 nitrogen and oxygen atoms in total. The number of rotatable bonds is 6. The van der Waals surface area contributed by atoms with Crippen LogP contribution in [0.25, 0.3) is 17.0 Å². The van der Waals surface area contributed by atoms with Gasteiger partial charge in [0, 0.05) is 5.69 Å². The molecule has 1 fully saturated rings. The van der Waals surface area contributed by atoms with Crippen LogP contribution in [0.5, 0.6) is 5.75 Å². The largest absolute Gasteiger partial charge is 0.494 e. The van der Waals surface area contributed by atoms with Crippen LogP contribution in [0.1, 0.15) is 12.5 Å². The number of nitrogens with one attached hydrogen (secondary N) is 1. The number of para-hydroxylation sites is 1. The normalized spacial score (nSPS) is 14.9. The molecular formula is C23H18N2O6S. The van der Waals surface area contributed by atoms with Gasteiger partial charge in [-0.05, 0) is 61.2 Å². The first-order chi connectivity index (χ1) is 15.5. The standard InChI is InChI=1S/C23H18N2O6S/c1-2-30-16-9-7-15(8-10-16)24-20(26)12-25-22(28)19(32-23(25)29)11-14-13-31-18-6-4-3-5-17(18)21(14)27/h3-11,13H,2,12H2,1H3,(H,24,26)/b19-11-.